The standard InChI is InChI=1S/C23H17NO4/c25-22(26)14-13-16-9-11-17(12-10-16)15-24-19-6-2-4-8-21(19)28-20-7-3-1-5-18(20)23(24)27/h1-14H,15H2,(H,25,26)/b14-13+. The van der Waals surface area contributed by atoms with Gasteiger partial charge in [0.05, 0.1) is 17.8 Å². The number of fused-ring (bicyclic) bond motifs is 2. The van der Waals surface area contributed by atoms with Crippen molar-refractivity contribution in [1.82, 2.24) is 0 Å². The fourth-order valence-electron chi connectivity index (χ4n) is 3.11. The van der Waals surface area contributed by atoms with E-state index in [1.54, 1.807) is 17.0 Å². The van der Waals surface area contributed by atoms with Crippen molar-refractivity contribution in [3.63, 3.8) is 0 Å². The van der Waals surface area contributed by atoms with Gasteiger partial charge in [-0.25, -0.2) is 4.79 Å². The monoisotopic (exact) mass is 371 g/mol. The summed E-state index contributed by atoms with van der Waals surface area (Å²) in [6, 6.07) is 22.1. The highest BCUT2D eigenvalue weighted by atomic mass is 16.5. The van der Waals surface area contributed by atoms with Crippen LogP contribution >= 0.6 is 0 Å². The van der Waals surface area contributed by atoms with Gasteiger partial charge in [0.1, 0.15) is 5.75 Å². The van der Waals surface area contributed by atoms with Gasteiger partial charge in [-0.3, -0.25) is 4.79 Å². The third-order valence-corrected chi connectivity index (χ3v) is 4.48. The number of carbonyl (C=O) groups excluding carboxylic acids is 1. The number of rotatable bonds is 4. The van der Waals surface area contributed by atoms with Crippen LogP contribution in [-0.2, 0) is 11.3 Å². The van der Waals surface area contributed by atoms with Crippen molar-refractivity contribution in [3.8, 4) is 11.5 Å². The second-order valence-electron chi connectivity index (χ2n) is 6.37. The van der Waals surface area contributed by atoms with E-state index >= 15 is 0 Å². The number of carboxylic acids is 1. The first-order chi connectivity index (χ1) is 13.6. The minimum Gasteiger partial charge on any atom is -0.478 e. The van der Waals surface area contributed by atoms with Crippen LogP contribution in [0.15, 0.2) is 78.9 Å². The molecule has 0 unspecified atom stereocenters. The molecule has 3 aromatic rings. The van der Waals surface area contributed by atoms with Gasteiger partial charge in [0.15, 0.2) is 5.75 Å². The van der Waals surface area contributed by atoms with Crippen molar-refractivity contribution in [2.24, 2.45) is 0 Å². The molecule has 0 saturated carbocycles. The number of anilines is 1. The molecule has 0 fully saturated rings. The fraction of sp³-hybridized carbons (Fsp3) is 0.0435. The zero-order chi connectivity index (χ0) is 19.5. The fourth-order valence-corrected chi connectivity index (χ4v) is 3.11. The number of carbonyl (C=O) groups is 2. The van der Waals surface area contributed by atoms with Crippen LogP contribution in [0.3, 0.4) is 0 Å². The van der Waals surface area contributed by atoms with Gasteiger partial charge in [-0.2, -0.15) is 0 Å². The number of amides is 1. The molecule has 1 aliphatic heterocycles. The second kappa shape index (κ2) is 7.40. The number of nitrogens with zero attached hydrogens (tertiary/aromatic N) is 1. The van der Waals surface area contributed by atoms with Crippen LogP contribution in [0.25, 0.3) is 6.08 Å². The van der Waals surface area contributed by atoms with E-state index in [1.807, 2.05) is 60.7 Å². The van der Waals surface area contributed by atoms with Gasteiger partial charge in [0.25, 0.3) is 5.91 Å². The van der Waals surface area contributed by atoms with Crippen LogP contribution in [0.5, 0.6) is 11.5 Å². The molecule has 5 nitrogen and oxygen atoms in total. The van der Waals surface area contributed by atoms with E-state index in [0.717, 1.165) is 17.2 Å². The molecule has 0 bridgehead atoms. The summed E-state index contributed by atoms with van der Waals surface area (Å²) in [5.74, 6) is 0.0447. The van der Waals surface area contributed by atoms with E-state index < -0.39 is 5.97 Å². The lowest BCUT2D eigenvalue weighted by atomic mass is 10.1. The Balaban J connectivity index is 1.68. The maximum absolute atomic E-state index is 13.2. The number of aliphatic carboxylic acids is 1. The van der Waals surface area contributed by atoms with E-state index in [2.05, 4.69) is 0 Å². The molecule has 0 radical (unpaired) electrons. The van der Waals surface area contributed by atoms with Gasteiger partial charge in [-0.1, -0.05) is 48.5 Å². The molecule has 0 aromatic heterocycles. The largest absolute Gasteiger partial charge is 0.478 e. The smallest absolute Gasteiger partial charge is 0.328 e. The Hall–Kier alpha value is -3.86. The topological polar surface area (TPSA) is 66.8 Å². The van der Waals surface area contributed by atoms with E-state index in [-0.39, 0.29) is 5.91 Å². The molecule has 138 valence electrons. The first kappa shape index (κ1) is 17.5. The van der Waals surface area contributed by atoms with Crippen LogP contribution in [0, 0.1) is 0 Å². The number of ether oxygens (including phenoxy) is 1. The minimum atomic E-state index is -0.991. The molecule has 0 spiro atoms. The van der Waals surface area contributed by atoms with Gasteiger partial charge >= 0.3 is 5.97 Å². The maximum atomic E-state index is 13.2. The Morgan fingerprint density at radius 2 is 1.61 bits per heavy atom. The summed E-state index contributed by atoms with van der Waals surface area (Å²) in [5.41, 5.74) is 2.93. The Labute approximate surface area is 162 Å². The molecule has 0 atom stereocenters. The number of para-hydroxylation sites is 3. The van der Waals surface area contributed by atoms with Crippen molar-refractivity contribution in [1.29, 1.82) is 0 Å². The quantitative estimate of drug-likeness (QED) is 0.673. The highest BCUT2D eigenvalue weighted by molar-refractivity contribution is 6.09. The highest BCUT2D eigenvalue weighted by Gasteiger charge is 2.27. The highest BCUT2D eigenvalue weighted by Crippen LogP contribution is 2.39. The minimum absolute atomic E-state index is 0.129. The van der Waals surface area contributed by atoms with Crippen LogP contribution in [-0.4, -0.2) is 17.0 Å². The summed E-state index contributed by atoms with van der Waals surface area (Å²) in [5, 5.41) is 8.73. The average molecular weight is 371 g/mol. The van der Waals surface area contributed by atoms with Gasteiger partial charge in [0.2, 0.25) is 0 Å². The molecule has 1 amide bonds. The van der Waals surface area contributed by atoms with Crippen molar-refractivity contribution in [3.05, 3.63) is 95.6 Å². The van der Waals surface area contributed by atoms with Crippen molar-refractivity contribution < 1.29 is 19.4 Å². The van der Waals surface area contributed by atoms with E-state index in [0.29, 0.717) is 29.3 Å². The SMILES string of the molecule is O=C(O)/C=C/c1ccc(CN2C(=O)c3ccccc3Oc3ccccc32)cc1. The summed E-state index contributed by atoms with van der Waals surface area (Å²) in [7, 11) is 0. The van der Waals surface area contributed by atoms with Crippen LogP contribution in [0.1, 0.15) is 21.5 Å². The van der Waals surface area contributed by atoms with E-state index in [9.17, 15) is 9.59 Å². The van der Waals surface area contributed by atoms with Crippen LogP contribution in [0.2, 0.25) is 0 Å². The molecular formula is C23H17NO4. The molecule has 1 N–H and O–H groups in total. The van der Waals surface area contributed by atoms with E-state index in [1.165, 1.54) is 6.08 Å². The average Bonchev–Trinajstić information content (AvgIpc) is 2.83. The molecule has 1 heterocycles. The van der Waals surface area contributed by atoms with Crippen molar-refractivity contribution in [2.75, 3.05) is 4.90 Å². The molecule has 1 aliphatic rings. The summed E-state index contributed by atoms with van der Waals surface area (Å²) in [6.07, 6.45) is 2.63. The zero-order valence-corrected chi connectivity index (χ0v) is 14.9. The summed E-state index contributed by atoms with van der Waals surface area (Å²) in [6.45, 7) is 0.371. The van der Waals surface area contributed by atoms with Crippen LogP contribution in [0.4, 0.5) is 5.69 Å². The molecule has 0 saturated heterocycles. The number of hydrogen-bond acceptors (Lipinski definition) is 3. The molecule has 5 heteroatoms. The molecule has 28 heavy (non-hydrogen) atoms. The zero-order valence-electron chi connectivity index (χ0n) is 14.9. The summed E-state index contributed by atoms with van der Waals surface area (Å²) >= 11 is 0. The Morgan fingerprint density at radius 1 is 0.929 bits per heavy atom. The number of benzene rings is 3. The van der Waals surface area contributed by atoms with Gasteiger partial charge < -0.3 is 14.7 Å². The van der Waals surface area contributed by atoms with Crippen molar-refractivity contribution in [2.45, 2.75) is 6.54 Å². The van der Waals surface area contributed by atoms with E-state index in [4.69, 9.17) is 9.84 Å². The van der Waals surface area contributed by atoms with Crippen LogP contribution < -0.4 is 9.64 Å². The lowest BCUT2D eigenvalue weighted by Crippen LogP contribution is -2.29. The predicted molar refractivity (Wildman–Crippen MR) is 107 cm³/mol. The third-order valence-electron chi connectivity index (χ3n) is 4.48. The summed E-state index contributed by atoms with van der Waals surface area (Å²) < 4.78 is 5.99. The van der Waals surface area contributed by atoms with Gasteiger partial charge in [-0.05, 0) is 41.5 Å². The molecule has 0 aliphatic carbocycles. The normalized spacial score (nSPS) is 12.9. The summed E-state index contributed by atoms with van der Waals surface area (Å²) in [4.78, 5) is 25.6. The second-order valence-corrected chi connectivity index (χ2v) is 6.37. The number of carboxylic acid groups (broad SMARTS) is 1. The predicted octanol–water partition coefficient (Wildman–Crippen LogP) is 4.74. The maximum Gasteiger partial charge on any atom is 0.328 e. The lowest BCUT2D eigenvalue weighted by molar-refractivity contribution is -0.131. The lowest BCUT2D eigenvalue weighted by Gasteiger charge is -2.22. The number of hydrogen-bond donors (Lipinski definition) is 1. The first-order valence-electron chi connectivity index (χ1n) is 8.79. The third kappa shape index (κ3) is 3.50. The Bertz CT molecular complexity index is 1070. The Morgan fingerprint density at radius 3 is 2.36 bits per heavy atom. The molecule has 3 aromatic carbocycles. The Kier molecular flexibility index (Phi) is 4.64. The van der Waals surface area contributed by atoms with Gasteiger partial charge in [0, 0.05) is 6.08 Å². The first-order valence-corrected chi connectivity index (χ1v) is 8.79. The molecular weight excluding hydrogens is 354 g/mol. The van der Waals surface area contributed by atoms with Crippen molar-refractivity contribution >= 4 is 23.6 Å². The van der Waals surface area contributed by atoms with Gasteiger partial charge in [-0.15, -0.1) is 0 Å². The molecule has 4 rings (SSSR count).